The van der Waals surface area contributed by atoms with Crippen LogP contribution in [0.2, 0.25) is 0 Å². The van der Waals surface area contributed by atoms with E-state index < -0.39 is 9.84 Å². The van der Waals surface area contributed by atoms with Gasteiger partial charge >= 0.3 is 0 Å². The van der Waals surface area contributed by atoms with Gasteiger partial charge in [0, 0.05) is 30.9 Å². The highest BCUT2D eigenvalue weighted by Crippen LogP contribution is 2.24. The number of anilines is 1. The fourth-order valence-corrected chi connectivity index (χ4v) is 5.22. The standard InChI is InChI=1S/C17H22N6O3S/c1-11-5-12(2)23(21-11)16-6-15(18-10-19-16)22-7-13(8-22)17(24)20-14-3-4-27(25,26)9-14/h5-6,10,13-14H,3-4,7-9H2,1-2H3,(H,20,24)/t14-/m0/s1. The lowest BCUT2D eigenvalue weighted by Crippen LogP contribution is -2.55. The molecular formula is C17H22N6O3S. The summed E-state index contributed by atoms with van der Waals surface area (Å²) in [4.78, 5) is 22.9. The fourth-order valence-electron chi connectivity index (χ4n) is 3.55. The van der Waals surface area contributed by atoms with Gasteiger partial charge in [-0.25, -0.2) is 23.1 Å². The molecule has 1 amide bonds. The van der Waals surface area contributed by atoms with Crippen LogP contribution in [0.15, 0.2) is 18.5 Å². The van der Waals surface area contributed by atoms with Gasteiger partial charge in [-0.1, -0.05) is 0 Å². The Morgan fingerprint density at radius 1 is 1.19 bits per heavy atom. The van der Waals surface area contributed by atoms with Crippen LogP contribution in [0.25, 0.3) is 5.82 Å². The smallest absolute Gasteiger partial charge is 0.226 e. The highest BCUT2D eigenvalue weighted by molar-refractivity contribution is 7.91. The third-order valence-electron chi connectivity index (χ3n) is 5.02. The van der Waals surface area contributed by atoms with Crippen molar-refractivity contribution in [1.82, 2.24) is 25.1 Å². The number of aryl methyl sites for hydroxylation is 2. The van der Waals surface area contributed by atoms with E-state index >= 15 is 0 Å². The Hall–Kier alpha value is -2.49. The molecule has 2 aliphatic rings. The van der Waals surface area contributed by atoms with Gasteiger partial charge in [0.15, 0.2) is 15.7 Å². The molecule has 2 fully saturated rings. The van der Waals surface area contributed by atoms with Crippen LogP contribution >= 0.6 is 0 Å². The zero-order valence-corrected chi connectivity index (χ0v) is 16.1. The quantitative estimate of drug-likeness (QED) is 0.783. The zero-order chi connectivity index (χ0) is 19.2. The van der Waals surface area contributed by atoms with Crippen molar-refractivity contribution in [3.8, 4) is 5.82 Å². The average molecular weight is 390 g/mol. The highest BCUT2D eigenvalue weighted by atomic mass is 32.2. The monoisotopic (exact) mass is 390 g/mol. The molecule has 1 atom stereocenters. The Morgan fingerprint density at radius 2 is 1.93 bits per heavy atom. The first-order valence-electron chi connectivity index (χ1n) is 8.92. The van der Waals surface area contributed by atoms with Crippen molar-refractivity contribution >= 4 is 21.6 Å². The largest absolute Gasteiger partial charge is 0.355 e. The summed E-state index contributed by atoms with van der Waals surface area (Å²) < 4.78 is 24.8. The van der Waals surface area contributed by atoms with Gasteiger partial charge in [-0.05, 0) is 26.3 Å². The minimum atomic E-state index is -2.99. The molecule has 0 saturated carbocycles. The lowest BCUT2D eigenvalue weighted by molar-refractivity contribution is -0.126. The van der Waals surface area contributed by atoms with Gasteiger partial charge in [0.2, 0.25) is 5.91 Å². The molecule has 9 nitrogen and oxygen atoms in total. The maximum Gasteiger partial charge on any atom is 0.226 e. The van der Waals surface area contributed by atoms with Crippen molar-refractivity contribution in [1.29, 1.82) is 0 Å². The second-order valence-electron chi connectivity index (χ2n) is 7.28. The van der Waals surface area contributed by atoms with Crippen molar-refractivity contribution in [3.05, 3.63) is 29.8 Å². The zero-order valence-electron chi connectivity index (χ0n) is 15.3. The molecule has 27 heavy (non-hydrogen) atoms. The SMILES string of the molecule is Cc1cc(C)n(-c2cc(N3CC(C(=O)N[C@H]4CCS(=O)(=O)C4)C3)ncn2)n1. The summed E-state index contributed by atoms with van der Waals surface area (Å²) in [5.41, 5.74) is 1.91. The second-order valence-corrected chi connectivity index (χ2v) is 9.51. The van der Waals surface area contributed by atoms with Crippen molar-refractivity contribution in [2.45, 2.75) is 26.3 Å². The van der Waals surface area contributed by atoms with Crippen LogP contribution in [0, 0.1) is 19.8 Å². The van der Waals surface area contributed by atoms with Crippen LogP contribution in [-0.2, 0) is 14.6 Å². The lowest BCUT2D eigenvalue weighted by atomic mass is 9.98. The maximum absolute atomic E-state index is 12.3. The number of aromatic nitrogens is 4. The Kier molecular flexibility index (Phi) is 4.37. The highest BCUT2D eigenvalue weighted by Gasteiger charge is 2.36. The van der Waals surface area contributed by atoms with Crippen molar-refractivity contribution in [2.24, 2.45) is 5.92 Å². The molecule has 1 N–H and O–H groups in total. The number of carbonyl (C=O) groups is 1. The van der Waals surface area contributed by atoms with E-state index in [1.165, 1.54) is 6.33 Å². The number of hydrogen-bond donors (Lipinski definition) is 1. The van der Waals surface area contributed by atoms with Crippen molar-refractivity contribution in [2.75, 3.05) is 29.5 Å². The van der Waals surface area contributed by atoms with Crippen LogP contribution in [-0.4, -0.2) is 64.7 Å². The molecule has 2 aromatic heterocycles. The summed E-state index contributed by atoms with van der Waals surface area (Å²) in [6.45, 7) is 5.01. The minimum Gasteiger partial charge on any atom is -0.355 e. The van der Waals surface area contributed by atoms with E-state index in [-0.39, 0.29) is 29.4 Å². The molecular weight excluding hydrogens is 368 g/mol. The Labute approximate surface area is 157 Å². The summed E-state index contributed by atoms with van der Waals surface area (Å²) in [7, 11) is -2.99. The average Bonchev–Trinajstić information content (AvgIpc) is 3.07. The number of carbonyl (C=O) groups excluding carboxylic acids is 1. The first kappa shape index (κ1) is 17.9. The molecule has 4 rings (SSSR count). The van der Waals surface area contributed by atoms with Crippen LogP contribution in [0.5, 0.6) is 0 Å². The van der Waals surface area contributed by atoms with Crippen molar-refractivity contribution < 1.29 is 13.2 Å². The molecule has 10 heteroatoms. The third kappa shape index (κ3) is 3.66. The Bertz CT molecular complexity index is 980. The normalized spacial score (nSPS) is 21.9. The molecule has 2 aromatic rings. The van der Waals surface area contributed by atoms with Gasteiger partial charge in [0.25, 0.3) is 0 Å². The Morgan fingerprint density at radius 3 is 2.56 bits per heavy atom. The molecule has 144 valence electrons. The molecule has 4 heterocycles. The number of nitrogens with zero attached hydrogens (tertiary/aromatic N) is 5. The maximum atomic E-state index is 12.3. The topological polar surface area (TPSA) is 110 Å². The summed E-state index contributed by atoms with van der Waals surface area (Å²) in [5, 5.41) is 7.30. The molecule has 0 bridgehead atoms. The summed E-state index contributed by atoms with van der Waals surface area (Å²) in [6, 6.07) is 3.58. The van der Waals surface area contributed by atoms with E-state index in [2.05, 4.69) is 20.4 Å². The van der Waals surface area contributed by atoms with Crippen LogP contribution < -0.4 is 10.2 Å². The summed E-state index contributed by atoms with van der Waals surface area (Å²) in [6.07, 6.45) is 2.00. The molecule has 0 unspecified atom stereocenters. The Balaban J connectivity index is 1.38. The number of rotatable bonds is 4. The molecule has 0 aromatic carbocycles. The molecule has 2 saturated heterocycles. The van der Waals surface area contributed by atoms with Gasteiger partial charge in [-0.15, -0.1) is 0 Å². The van der Waals surface area contributed by atoms with E-state index in [1.54, 1.807) is 4.68 Å². The molecule has 0 aliphatic carbocycles. The van der Waals surface area contributed by atoms with E-state index in [9.17, 15) is 13.2 Å². The van der Waals surface area contributed by atoms with Crippen LogP contribution in [0.4, 0.5) is 5.82 Å². The number of amides is 1. The number of sulfone groups is 1. The van der Waals surface area contributed by atoms with E-state index in [1.807, 2.05) is 30.9 Å². The fraction of sp³-hybridized carbons (Fsp3) is 0.529. The van der Waals surface area contributed by atoms with Crippen LogP contribution in [0.1, 0.15) is 17.8 Å². The van der Waals surface area contributed by atoms with Gasteiger partial charge in [-0.3, -0.25) is 4.79 Å². The van der Waals surface area contributed by atoms with E-state index in [4.69, 9.17) is 0 Å². The van der Waals surface area contributed by atoms with Gasteiger partial charge in [0.05, 0.1) is 23.1 Å². The number of nitrogens with one attached hydrogen (secondary N) is 1. The predicted molar refractivity (Wildman–Crippen MR) is 99.5 cm³/mol. The first-order chi connectivity index (χ1) is 12.8. The molecule has 2 aliphatic heterocycles. The first-order valence-corrected chi connectivity index (χ1v) is 10.7. The minimum absolute atomic E-state index is 0.0487. The third-order valence-corrected chi connectivity index (χ3v) is 6.79. The summed E-state index contributed by atoms with van der Waals surface area (Å²) in [5.74, 6) is 1.41. The summed E-state index contributed by atoms with van der Waals surface area (Å²) >= 11 is 0. The van der Waals surface area contributed by atoms with Gasteiger partial charge in [0.1, 0.15) is 12.1 Å². The van der Waals surface area contributed by atoms with Gasteiger partial charge in [-0.2, -0.15) is 5.10 Å². The lowest BCUT2D eigenvalue weighted by Gasteiger charge is -2.39. The van der Waals surface area contributed by atoms with Gasteiger partial charge < -0.3 is 10.2 Å². The van der Waals surface area contributed by atoms with E-state index in [0.717, 1.165) is 17.2 Å². The van der Waals surface area contributed by atoms with Crippen molar-refractivity contribution in [3.63, 3.8) is 0 Å². The predicted octanol–water partition coefficient (Wildman–Crippen LogP) is 0.0186. The molecule has 0 radical (unpaired) electrons. The van der Waals surface area contributed by atoms with E-state index in [0.29, 0.717) is 25.3 Å². The second kappa shape index (κ2) is 6.59. The molecule has 0 spiro atoms. The number of hydrogen-bond acceptors (Lipinski definition) is 7. The van der Waals surface area contributed by atoms with Crippen LogP contribution in [0.3, 0.4) is 0 Å².